The third-order valence-electron chi connectivity index (χ3n) is 4.17. The highest BCUT2D eigenvalue weighted by Gasteiger charge is 2.35. The first-order chi connectivity index (χ1) is 9.52. The van der Waals surface area contributed by atoms with Crippen LogP contribution < -0.4 is 0 Å². The Morgan fingerprint density at radius 3 is 2.35 bits per heavy atom. The molecule has 110 valence electrons. The summed E-state index contributed by atoms with van der Waals surface area (Å²) in [4.78, 5) is 2.41. The van der Waals surface area contributed by atoms with Crippen LogP contribution in [-0.4, -0.2) is 37.4 Å². The van der Waals surface area contributed by atoms with Crippen molar-refractivity contribution in [1.29, 1.82) is 0 Å². The molecule has 1 saturated heterocycles. The minimum Gasteiger partial charge on any atom is -0.296 e. The quantitative estimate of drug-likeness (QED) is 0.808. The van der Waals surface area contributed by atoms with Crippen LogP contribution in [0.4, 0.5) is 4.39 Å². The lowest BCUT2D eigenvalue weighted by atomic mass is 10.1. The van der Waals surface area contributed by atoms with Crippen molar-refractivity contribution in [3.05, 3.63) is 35.6 Å². The predicted molar refractivity (Wildman–Crippen MR) is 76.6 cm³/mol. The summed E-state index contributed by atoms with van der Waals surface area (Å²) in [6.07, 6.45) is 3.41. The van der Waals surface area contributed by atoms with Crippen LogP contribution >= 0.6 is 0 Å². The molecule has 20 heavy (non-hydrogen) atoms. The SMILES string of the molecule is O=S1(=O)CC(CCN(Cc2ccc(F)cc2)C2CC2)C1. The maximum absolute atomic E-state index is 12.9. The Labute approximate surface area is 119 Å². The van der Waals surface area contributed by atoms with Gasteiger partial charge in [0.1, 0.15) is 5.82 Å². The second kappa shape index (κ2) is 5.45. The van der Waals surface area contributed by atoms with Crippen molar-refractivity contribution < 1.29 is 12.8 Å². The van der Waals surface area contributed by atoms with E-state index in [0.717, 1.165) is 25.1 Å². The molecule has 0 spiro atoms. The minimum absolute atomic E-state index is 0.202. The Balaban J connectivity index is 1.52. The third kappa shape index (κ3) is 3.58. The van der Waals surface area contributed by atoms with Crippen LogP contribution in [0.5, 0.6) is 0 Å². The molecule has 5 heteroatoms. The average molecular weight is 297 g/mol. The lowest BCUT2D eigenvalue weighted by molar-refractivity contribution is 0.237. The van der Waals surface area contributed by atoms with Gasteiger partial charge in [0, 0.05) is 12.6 Å². The molecule has 1 saturated carbocycles. The topological polar surface area (TPSA) is 37.4 Å². The van der Waals surface area contributed by atoms with Gasteiger partial charge in [-0.15, -0.1) is 0 Å². The molecular formula is C15H20FNO2S. The summed E-state index contributed by atoms with van der Waals surface area (Å²) >= 11 is 0. The molecular weight excluding hydrogens is 277 g/mol. The Hall–Kier alpha value is -0.940. The molecule has 0 aromatic heterocycles. The summed E-state index contributed by atoms with van der Waals surface area (Å²) < 4.78 is 35.2. The maximum atomic E-state index is 12.9. The first kappa shape index (κ1) is 14.0. The highest BCUT2D eigenvalue weighted by Crippen LogP contribution is 2.30. The molecule has 2 fully saturated rings. The molecule has 1 aromatic rings. The van der Waals surface area contributed by atoms with Gasteiger partial charge in [-0.3, -0.25) is 4.90 Å². The second-order valence-electron chi connectivity index (χ2n) is 6.06. The third-order valence-corrected chi connectivity index (χ3v) is 6.12. The summed E-state index contributed by atoms with van der Waals surface area (Å²) in [7, 11) is -2.71. The van der Waals surface area contributed by atoms with E-state index in [4.69, 9.17) is 0 Å². The zero-order valence-corrected chi connectivity index (χ0v) is 12.3. The van der Waals surface area contributed by atoms with E-state index in [9.17, 15) is 12.8 Å². The fourth-order valence-corrected chi connectivity index (χ4v) is 4.51. The van der Waals surface area contributed by atoms with E-state index in [2.05, 4.69) is 4.90 Å². The normalized spacial score (nSPS) is 21.9. The molecule has 0 N–H and O–H groups in total. The summed E-state index contributed by atoms with van der Waals surface area (Å²) in [5, 5.41) is 0. The summed E-state index contributed by atoms with van der Waals surface area (Å²) in [6, 6.07) is 7.30. The van der Waals surface area contributed by atoms with Crippen molar-refractivity contribution in [3.63, 3.8) is 0 Å². The van der Waals surface area contributed by atoms with Crippen LogP contribution in [0, 0.1) is 11.7 Å². The van der Waals surface area contributed by atoms with Crippen molar-refractivity contribution in [2.24, 2.45) is 5.92 Å². The van der Waals surface area contributed by atoms with Crippen molar-refractivity contribution in [2.75, 3.05) is 18.1 Å². The maximum Gasteiger partial charge on any atom is 0.150 e. The molecule has 2 aliphatic rings. The minimum atomic E-state index is -2.71. The molecule has 3 nitrogen and oxygen atoms in total. The van der Waals surface area contributed by atoms with Crippen LogP contribution in [-0.2, 0) is 16.4 Å². The van der Waals surface area contributed by atoms with Crippen LogP contribution in [0.3, 0.4) is 0 Å². The van der Waals surface area contributed by atoms with Crippen LogP contribution in [0.15, 0.2) is 24.3 Å². The molecule has 0 atom stereocenters. The smallest absolute Gasteiger partial charge is 0.150 e. The fraction of sp³-hybridized carbons (Fsp3) is 0.600. The monoisotopic (exact) mass is 297 g/mol. The summed E-state index contributed by atoms with van der Waals surface area (Å²) in [5.74, 6) is 0.866. The van der Waals surface area contributed by atoms with E-state index in [1.54, 1.807) is 0 Å². The second-order valence-corrected chi connectivity index (χ2v) is 8.21. The summed E-state index contributed by atoms with van der Waals surface area (Å²) in [5.41, 5.74) is 1.12. The molecule has 0 unspecified atom stereocenters. The first-order valence-corrected chi connectivity index (χ1v) is 9.03. The zero-order chi connectivity index (χ0) is 14.2. The van der Waals surface area contributed by atoms with Gasteiger partial charge in [0.25, 0.3) is 0 Å². The number of hydrogen-bond donors (Lipinski definition) is 0. The van der Waals surface area contributed by atoms with Crippen LogP contribution in [0.1, 0.15) is 24.8 Å². The Bertz CT molecular complexity index is 554. The molecule has 0 radical (unpaired) electrons. The molecule has 3 rings (SSSR count). The molecule has 1 aliphatic carbocycles. The largest absolute Gasteiger partial charge is 0.296 e. The Morgan fingerprint density at radius 1 is 1.15 bits per heavy atom. The van der Waals surface area contributed by atoms with Gasteiger partial charge in [0.05, 0.1) is 11.5 Å². The number of rotatable bonds is 6. The van der Waals surface area contributed by atoms with Gasteiger partial charge < -0.3 is 0 Å². The summed E-state index contributed by atoms with van der Waals surface area (Å²) in [6.45, 7) is 1.78. The molecule has 1 aliphatic heterocycles. The van der Waals surface area contributed by atoms with Crippen LogP contribution in [0.25, 0.3) is 0 Å². The lowest BCUT2D eigenvalue weighted by Crippen LogP contribution is -2.39. The van der Waals surface area contributed by atoms with Gasteiger partial charge in [-0.1, -0.05) is 12.1 Å². The standard InChI is InChI=1S/C15H20FNO2S/c16-14-3-1-12(2-4-14)9-17(15-5-6-15)8-7-13-10-20(18,19)11-13/h1-4,13,15H,5-11H2. The van der Waals surface area contributed by atoms with Crippen molar-refractivity contribution in [3.8, 4) is 0 Å². The highest BCUT2D eigenvalue weighted by molar-refractivity contribution is 7.92. The van der Waals surface area contributed by atoms with E-state index in [1.807, 2.05) is 12.1 Å². The number of halogens is 1. The van der Waals surface area contributed by atoms with Crippen molar-refractivity contribution in [2.45, 2.75) is 31.8 Å². The zero-order valence-electron chi connectivity index (χ0n) is 11.5. The van der Waals surface area contributed by atoms with E-state index in [-0.39, 0.29) is 5.82 Å². The number of sulfone groups is 1. The van der Waals surface area contributed by atoms with Gasteiger partial charge in [0.15, 0.2) is 9.84 Å². The number of hydrogen-bond acceptors (Lipinski definition) is 3. The van der Waals surface area contributed by atoms with E-state index < -0.39 is 9.84 Å². The fourth-order valence-electron chi connectivity index (χ4n) is 2.84. The molecule has 1 aromatic carbocycles. The van der Waals surface area contributed by atoms with E-state index in [0.29, 0.717) is 23.5 Å². The van der Waals surface area contributed by atoms with Gasteiger partial charge in [-0.05, 0) is 49.4 Å². The van der Waals surface area contributed by atoms with Gasteiger partial charge in [0.2, 0.25) is 0 Å². The van der Waals surface area contributed by atoms with Crippen molar-refractivity contribution in [1.82, 2.24) is 4.90 Å². The molecule has 1 heterocycles. The van der Waals surface area contributed by atoms with Gasteiger partial charge in [-0.2, -0.15) is 0 Å². The highest BCUT2D eigenvalue weighted by atomic mass is 32.2. The van der Waals surface area contributed by atoms with Crippen molar-refractivity contribution >= 4 is 9.84 Å². The average Bonchev–Trinajstić information content (AvgIpc) is 3.18. The van der Waals surface area contributed by atoms with Crippen LogP contribution in [0.2, 0.25) is 0 Å². The Morgan fingerprint density at radius 2 is 1.80 bits per heavy atom. The van der Waals surface area contributed by atoms with Gasteiger partial charge >= 0.3 is 0 Å². The predicted octanol–water partition coefficient (Wildman–Crippen LogP) is 2.22. The van der Waals surface area contributed by atoms with Gasteiger partial charge in [-0.25, -0.2) is 12.8 Å². The lowest BCUT2D eigenvalue weighted by Gasteiger charge is -2.29. The first-order valence-electron chi connectivity index (χ1n) is 7.21. The molecule has 0 bridgehead atoms. The van der Waals surface area contributed by atoms with E-state index >= 15 is 0 Å². The number of nitrogens with zero attached hydrogens (tertiary/aromatic N) is 1. The van der Waals surface area contributed by atoms with E-state index in [1.165, 1.54) is 25.0 Å². The molecule has 0 amide bonds. The number of benzene rings is 1. The Kier molecular flexibility index (Phi) is 3.82.